The number of likely N-dealkylation sites (tertiary alicyclic amines) is 2. The van der Waals surface area contributed by atoms with E-state index >= 15 is 0 Å². The van der Waals surface area contributed by atoms with E-state index in [0.29, 0.717) is 72.0 Å². The average molecular weight is 661 g/mol. The first-order valence-corrected chi connectivity index (χ1v) is 16.2. The molecule has 9 nitrogen and oxygen atoms in total. The first-order valence-electron chi connectivity index (χ1n) is 15.4. The molecule has 1 N–H and O–H groups in total. The van der Waals surface area contributed by atoms with E-state index in [0.717, 1.165) is 43.6 Å². The Morgan fingerprint density at radius 3 is 2.31 bits per heavy atom. The van der Waals surface area contributed by atoms with Crippen LogP contribution in [0, 0.1) is 5.92 Å². The zero-order valence-electron chi connectivity index (χ0n) is 25.2. The molecule has 3 aromatic rings. The fourth-order valence-electron chi connectivity index (χ4n) is 6.16. The number of ether oxygens (including phenoxy) is 1. The van der Waals surface area contributed by atoms with Crippen molar-refractivity contribution in [3.63, 3.8) is 0 Å². The van der Waals surface area contributed by atoms with Gasteiger partial charge in [-0.1, -0.05) is 23.2 Å². The largest absolute Gasteiger partial charge is 0.436 e. The van der Waals surface area contributed by atoms with Crippen LogP contribution in [0.2, 0.25) is 10.0 Å². The Morgan fingerprint density at radius 2 is 1.67 bits per heavy atom. The van der Waals surface area contributed by atoms with E-state index in [1.54, 1.807) is 25.4 Å². The highest BCUT2D eigenvalue weighted by atomic mass is 35.5. The molecular weight excluding hydrogens is 623 g/mol. The molecule has 240 valence electrons. The van der Waals surface area contributed by atoms with Crippen LogP contribution in [0.5, 0.6) is 11.6 Å². The lowest BCUT2D eigenvalue weighted by atomic mass is 9.96. The highest BCUT2D eigenvalue weighted by Crippen LogP contribution is 2.33. The Kier molecular flexibility index (Phi) is 9.70. The van der Waals surface area contributed by atoms with E-state index < -0.39 is 5.92 Å². The number of piperidine rings is 2. The molecule has 3 fully saturated rings. The zero-order chi connectivity index (χ0) is 31.6. The molecule has 1 amide bonds. The number of hydrogen-bond acceptors (Lipinski definition) is 8. The summed E-state index contributed by atoms with van der Waals surface area (Å²) in [6.07, 6.45) is 5.13. The molecule has 0 aliphatic carbocycles. The normalized spacial score (nSPS) is 19.7. The molecule has 0 unspecified atom stereocenters. The molecule has 0 bridgehead atoms. The molecule has 2 aromatic heterocycles. The van der Waals surface area contributed by atoms with Gasteiger partial charge in [0.1, 0.15) is 0 Å². The summed E-state index contributed by atoms with van der Waals surface area (Å²) in [4.78, 5) is 31.7. The molecule has 0 atom stereocenters. The van der Waals surface area contributed by atoms with E-state index in [9.17, 15) is 13.6 Å². The van der Waals surface area contributed by atoms with Crippen LogP contribution >= 0.6 is 23.2 Å². The van der Waals surface area contributed by atoms with E-state index in [-0.39, 0.29) is 24.8 Å². The summed E-state index contributed by atoms with van der Waals surface area (Å²) >= 11 is 12.6. The molecule has 45 heavy (non-hydrogen) atoms. The predicted octanol–water partition coefficient (Wildman–Crippen LogP) is 5.91. The first kappa shape index (κ1) is 31.8. The molecule has 0 radical (unpaired) electrons. The van der Waals surface area contributed by atoms with Crippen molar-refractivity contribution < 1.29 is 18.3 Å². The van der Waals surface area contributed by atoms with Crippen LogP contribution in [-0.4, -0.2) is 88.4 Å². The lowest BCUT2D eigenvalue weighted by Crippen LogP contribution is -2.62. The van der Waals surface area contributed by atoms with Gasteiger partial charge in [-0.05, 0) is 61.7 Å². The lowest BCUT2D eigenvalue weighted by molar-refractivity contribution is -0.119. The van der Waals surface area contributed by atoms with Gasteiger partial charge in [-0.15, -0.1) is 0 Å². The van der Waals surface area contributed by atoms with Crippen molar-refractivity contribution in [2.75, 3.05) is 50.7 Å². The molecule has 6 rings (SSSR count). The number of amides is 1. The number of nitrogens with zero attached hydrogens (tertiary/aromatic N) is 6. The number of aromatic nitrogens is 3. The number of alkyl halides is 2. The summed E-state index contributed by atoms with van der Waals surface area (Å²) in [6, 6.07) is 9.53. The molecule has 0 saturated carbocycles. The number of benzene rings is 1. The Balaban J connectivity index is 1.12. The number of nitrogens with one attached hydrogen (secondary N) is 1. The molecule has 3 aliphatic heterocycles. The van der Waals surface area contributed by atoms with Crippen LogP contribution < -0.4 is 15.0 Å². The third-order valence-corrected chi connectivity index (χ3v) is 9.24. The van der Waals surface area contributed by atoms with E-state index in [1.807, 2.05) is 29.2 Å². The van der Waals surface area contributed by atoms with Gasteiger partial charge in [-0.25, -0.2) is 23.7 Å². The van der Waals surface area contributed by atoms with Crippen molar-refractivity contribution in [3.8, 4) is 22.9 Å². The summed E-state index contributed by atoms with van der Waals surface area (Å²) in [7, 11) is 0. The third kappa shape index (κ3) is 8.38. The summed E-state index contributed by atoms with van der Waals surface area (Å²) in [5.74, 6) is -0.613. The zero-order valence-corrected chi connectivity index (χ0v) is 26.7. The summed E-state index contributed by atoms with van der Waals surface area (Å²) < 4.78 is 33.2. The molecule has 5 heterocycles. The molecule has 13 heteroatoms. The minimum absolute atomic E-state index is 0.00855. The van der Waals surface area contributed by atoms with Gasteiger partial charge in [0.25, 0.3) is 5.92 Å². The molecule has 1 aromatic carbocycles. The second kappa shape index (κ2) is 13.7. The monoisotopic (exact) mass is 659 g/mol. The molecular formula is C32H37Cl2F2N7O2. The van der Waals surface area contributed by atoms with Crippen molar-refractivity contribution in [1.82, 2.24) is 30.1 Å². The Hall–Kier alpha value is -3.12. The number of carbonyl (C=O) groups excluding carboxylic acids is 1. The van der Waals surface area contributed by atoms with E-state index in [4.69, 9.17) is 32.9 Å². The SMILES string of the molecule is CC(=O)NCC1CCN(Cc2cc(Oc3cnc(N4CC(N5CCC(F)(F)CC5)C4)nc3)nc(-c3cc(Cl)cc(Cl)c3)c2)CC1. The van der Waals surface area contributed by atoms with E-state index in [1.165, 1.54) is 0 Å². The third-order valence-electron chi connectivity index (χ3n) is 8.80. The van der Waals surface area contributed by atoms with Gasteiger partial charge in [0.2, 0.25) is 17.7 Å². The number of halogens is 4. The Bertz CT molecular complexity index is 1470. The number of hydrogen-bond donors (Lipinski definition) is 1. The van der Waals surface area contributed by atoms with Crippen molar-refractivity contribution >= 4 is 35.1 Å². The standard InChI is InChI=1S/C32H37Cl2F2N7O2/c1-21(44)37-15-22-2-6-41(7-3-22)18-23-10-29(24-12-25(33)14-26(34)13-24)40-30(11-23)45-28-16-38-31(39-17-28)43-19-27(20-43)42-8-4-32(35,36)5-9-42/h10-14,16-17,22,27H,2-9,15,18-20H2,1H3,(H,37,44). The van der Waals surface area contributed by atoms with Crippen molar-refractivity contribution in [2.45, 2.75) is 51.1 Å². The minimum atomic E-state index is -2.54. The van der Waals surface area contributed by atoms with Crippen LogP contribution in [0.3, 0.4) is 0 Å². The lowest BCUT2D eigenvalue weighted by Gasteiger charge is -2.47. The van der Waals surface area contributed by atoms with Crippen molar-refractivity contribution in [1.29, 1.82) is 0 Å². The molecule has 0 spiro atoms. The van der Waals surface area contributed by atoms with Gasteiger partial charge >= 0.3 is 0 Å². The van der Waals surface area contributed by atoms with Crippen molar-refractivity contribution in [2.24, 2.45) is 5.92 Å². The topological polar surface area (TPSA) is 86.7 Å². The summed E-state index contributed by atoms with van der Waals surface area (Å²) in [5, 5.41) is 3.97. The summed E-state index contributed by atoms with van der Waals surface area (Å²) in [6.45, 7) is 7.11. The number of anilines is 1. The quantitative estimate of drug-likeness (QED) is 0.304. The number of pyridine rings is 1. The van der Waals surface area contributed by atoms with Gasteiger partial charge < -0.3 is 15.0 Å². The van der Waals surface area contributed by atoms with Crippen LogP contribution in [0.15, 0.2) is 42.7 Å². The maximum atomic E-state index is 13.5. The van der Waals surface area contributed by atoms with Gasteiger partial charge in [0, 0.05) is 86.8 Å². The first-order chi connectivity index (χ1) is 21.6. The molecule has 3 saturated heterocycles. The minimum Gasteiger partial charge on any atom is -0.436 e. The number of carbonyl (C=O) groups is 1. The van der Waals surface area contributed by atoms with Crippen LogP contribution in [0.1, 0.15) is 38.2 Å². The maximum absolute atomic E-state index is 13.5. The fourth-order valence-corrected chi connectivity index (χ4v) is 6.69. The maximum Gasteiger partial charge on any atom is 0.250 e. The van der Waals surface area contributed by atoms with E-state index in [2.05, 4.69) is 25.1 Å². The van der Waals surface area contributed by atoms with Crippen LogP contribution in [-0.2, 0) is 11.3 Å². The Morgan fingerprint density at radius 1 is 1.00 bits per heavy atom. The highest BCUT2D eigenvalue weighted by molar-refractivity contribution is 6.35. The second-order valence-electron chi connectivity index (χ2n) is 12.3. The van der Waals surface area contributed by atoms with Crippen LogP contribution in [0.4, 0.5) is 14.7 Å². The average Bonchev–Trinajstić information content (AvgIpc) is 2.97. The highest BCUT2D eigenvalue weighted by Gasteiger charge is 2.40. The van der Waals surface area contributed by atoms with Crippen molar-refractivity contribution in [3.05, 3.63) is 58.3 Å². The molecule has 3 aliphatic rings. The summed E-state index contributed by atoms with van der Waals surface area (Å²) in [5.41, 5.74) is 2.50. The smallest absolute Gasteiger partial charge is 0.250 e. The predicted molar refractivity (Wildman–Crippen MR) is 170 cm³/mol. The number of rotatable bonds is 9. The second-order valence-corrected chi connectivity index (χ2v) is 13.2. The van der Waals surface area contributed by atoms with Crippen LogP contribution in [0.25, 0.3) is 11.3 Å². The van der Waals surface area contributed by atoms with Gasteiger partial charge in [0.05, 0.1) is 18.1 Å². The van der Waals surface area contributed by atoms with Gasteiger partial charge in [-0.2, -0.15) is 0 Å². The fraction of sp³-hybridized carbons (Fsp3) is 0.500. The van der Waals surface area contributed by atoms with Gasteiger partial charge in [-0.3, -0.25) is 14.6 Å². The van der Waals surface area contributed by atoms with Gasteiger partial charge in [0.15, 0.2) is 5.75 Å². The Labute approximate surface area is 271 Å².